The predicted octanol–water partition coefficient (Wildman–Crippen LogP) is 1.85. The van der Waals surface area contributed by atoms with Crippen LogP contribution in [0.5, 0.6) is 0 Å². The summed E-state index contributed by atoms with van der Waals surface area (Å²) in [5.74, 6) is 1.19. The SMILES string of the molecule is CCCSc1nc(N/N=C/c2ccc(Cl)cc2)c2nnn([C@@H]3C[C@H](O)[C@@H](O)[C@H]3O)c2n1. The Morgan fingerprint density at radius 1 is 1.23 bits per heavy atom. The summed E-state index contributed by atoms with van der Waals surface area (Å²) in [4.78, 5) is 9.05. The molecule has 1 saturated carbocycles. The molecule has 0 aliphatic heterocycles. The van der Waals surface area contributed by atoms with E-state index in [2.05, 4.69) is 37.7 Å². The number of hydrazone groups is 1. The molecule has 0 spiro atoms. The minimum Gasteiger partial charge on any atom is -0.390 e. The summed E-state index contributed by atoms with van der Waals surface area (Å²) < 4.78 is 1.44. The first kappa shape index (κ1) is 21.9. The largest absolute Gasteiger partial charge is 0.390 e. The van der Waals surface area contributed by atoms with E-state index < -0.39 is 24.4 Å². The molecule has 164 valence electrons. The number of thioether (sulfide) groups is 1. The normalized spacial score (nSPS) is 23.8. The van der Waals surface area contributed by atoms with Crippen molar-refractivity contribution in [2.75, 3.05) is 11.2 Å². The molecule has 4 atom stereocenters. The van der Waals surface area contributed by atoms with E-state index in [-0.39, 0.29) is 6.42 Å². The van der Waals surface area contributed by atoms with Crippen LogP contribution in [0, 0.1) is 0 Å². The highest BCUT2D eigenvalue weighted by Gasteiger charge is 2.43. The van der Waals surface area contributed by atoms with Crippen molar-refractivity contribution in [3.63, 3.8) is 0 Å². The maximum Gasteiger partial charge on any atom is 0.191 e. The van der Waals surface area contributed by atoms with E-state index in [0.29, 0.717) is 27.2 Å². The molecule has 4 N–H and O–H groups in total. The standard InChI is InChI=1S/C19H22ClN7O3S/c1-2-7-31-19-22-17(25-21-9-10-3-5-11(20)6-4-10)14-18(23-19)27(26-24-14)12-8-13(28)16(30)15(12)29/h3-6,9,12-13,15-16,28-30H,2,7-8H2,1H3,(H,22,23,25)/b21-9+/t12-,13+,15+,16-/m1/s1. The number of halogens is 1. The lowest BCUT2D eigenvalue weighted by Gasteiger charge is -2.16. The van der Waals surface area contributed by atoms with E-state index in [4.69, 9.17) is 11.6 Å². The third kappa shape index (κ3) is 4.65. The monoisotopic (exact) mass is 463 g/mol. The van der Waals surface area contributed by atoms with Crippen LogP contribution in [0.25, 0.3) is 11.2 Å². The van der Waals surface area contributed by atoms with E-state index in [1.807, 2.05) is 12.1 Å². The lowest BCUT2D eigenvalue weighted by Crippen LogP contribution is -2.31. The number of anilines is 1. The van der Waals surface area contributed by atoms with Crippen LogP contribution in [0.3, 0.4) is 0 Å². The van der Waals surface area contributed by atoms with Gasteiger partial charge in [0.1, 0.15) is 12.2 Å². The van der Waals surface area contributed by atoms with Crippen molar-refractivity contribution in [1.82, 2.24) is 25.0 Å². The van der Waals surface area contributed by atoms with Gasteiger partial charge in [0.05, 0.1) is 18.4 Å². The van der Waals surface area contributed by atoms with Gasteiger partial charge in [-0.1, -0.05) is 47.6 Å². The molecule has 12 heteroatoms. The molecule has 0 amide bonds. The molecule has 4 rings (SSSR count). The fourth-order valence-corrected chi connectivity index (χ4v) is 4.13. The molecule has 1 aromatic carbocycles. The molecule has 0 bridgehead atoms. The Balaban J connectivity index is 1.67. The van der Waals surface area contributed by atoms with Crippen LogP contribution in [0.1, 0.15) is 31.4 Å². The first-order valence-corrected chi connectivity index (χ1v) is 11.2. The fraction of sp³-hybridized carbons (Fsp3) is 0.421. The topological polar surface area (TPSA) is 142 Å². The van der Waals surface area contributed by atoms with Crippen LogP contribution in [0.2, 0.25) is 5.02 Å². The zero-order chi connectivity index (χ0) is 22.0. The lowest BCUT2D eigenvalue weighted by molar-refractivity contribution is -0.0253. The highest BCUT2D eigenvalue weighted by atomic mass is 35.5. The van der Waals surface area contributed by atoms with E-state index in [1.54, 1.807) is 18.3 Å². The van der Waals surface area contributed by atoms with Gasteiger partial charge in [-0.25, -0.2) is 14.6 Å². The number of hydrogen-bond donors (Lipinski definition) is 4. The quantitative estimate of drug-likeness (QED) is 0.179. The van der Waals surface area contributed by atoms with Crippen molar-refractivity contribution < 1.29 is 15.3 Å². The maximum atomic E-state index is 10.3. The zero-order valence-corrected chi connectivity index (χ0v) is 18.2. The number of aliphatic hydroxyl groups is 3. The molecule has 1 aliphatic rings. The van der Waals surface area contributed by atoms with E-state index >= 15 is 0 Å². The number of nitrogens with zero attached hydrogens (tertiary/aromatic N) is 6. The number of rotatable bonds is 7. The average molecular weight is 464 g/mol. The Labute approximate surface area is 187 Å². The van der Waals surface area contributed by atoms with Crippen molar-refractivity contribution in [2.24, 2.45) is 5.10 Å². The van der Waals surface area contributed by atoms with Crippen LogP contribution >= 0.6 is 23.4 Å². The summed E-state index contributed by atoms with van der Waals surface area (Å²) >= 11 is 7.38. The van der Waals surface area contributed by atoms with Gasteiger partial charge < -0.3 is 15.3 Å². The van der Waals surface area contributed by atoms with Gasteiger partial charge in [-0.3, -0.25) is 5.43 Å². The fourth-order valence-electron chi connectivity index (χ4n) is 3.31. The van der Waals surface area contributed by atoms with Gasteiger partial charge in [0.25, 0.3) is 0 Å². The predicted molar refractivity (Wildman–Crippen MR) is 118 cm³/mol. The average Bonchev–Trinajstić information content (AvgIpc) is 3.30. The van der Waals surface area contributed by atoms with Gasteiger partial charge >= 0.3 is 0 Å². The molecule has 3 aromatic rings. The van der Waals surface area contributed by atoms with Gasteiger partial charge in [-0.2, -0.15) is 5.10 Å². The van der Waals surface area contributed by atoms with Gasteiger partial charge in [0.2, 0.25) is 0 Å². The molecule has 1 aliphatic carbocycles. The first-order valence-electron chi connectivity index (χ1n) is 9.82. The number of fused-ring (bicyclic) bond motifs is 1. The van der Waals surface area contributed by atoms with Crippen molar-refractivity contribution in [2.45, 2.75) is 49.3 Å². The molecule has 2 heterocycles. The smallest absolute Gasteiger partial charge is 0.191 e. The van der Waals surface area contributed by atoms with E-state index in [0.717, 1.165) is 17.7 Å². The van der Waals surface area contributed by atoms with Crippen molar-refractivity contribution >= 4 is 46.6 Å². The summed E-state index contributed by atoms with van der Waals surface area (Å²) in [5, 5.41) is 43.9. The summed E-state index contributed by atoms with van der Waals surface area (Å²) in [7, 11) is 0. The maximum absolute atomic E-state index is 10.3. The second kappa shape index (κ2) is 9.45. The highest BCUT2D eigenvalue weighted by molar-refractivity contribution is 7.99. The van der Waals surface area contributed by atoms with Crippen molar-refractivity contribution in [3.05, 3.63) is 34.9 Å². The minimum absolute atomic E-state index is 0.139. The summed E-state index contributed by atoms with van der Waals surface area (Å²) in [5.41, 5.74) is 4.51. The Bertz CT molecular complexity index is 1080. The molecule has 10 nitrogen and oxygen atoms in total. The number of nitrogens with one attached hydrogen (secondary N) is 1. The number of aromatic nitrogens is 5. The van der Waals surface area contributed by atoms with Gasteiger partial charge in [-0.05, 0) is 24.1 Å². The molecule has 0 radical (unpaired) electrons. The third-order valence-corrected chi connectivity index (χ3v) is 6.23. The van der Waals surface area contributed by atoms with Crippen LogP contribution in [-0.4, -0.2) is 70.6 Å². The van der Waals surface area contributed by atoms with Crippen LogP contribution in [0.4, 0.5) is 5.82 Å². The van der Waals surface area contributed by atoms with Gasteiger partial charge in [-0.15, -0.1) is 5.10 Å². The molecule has 0 saturated heterocycles. The molecular formula is C19H22ClN7O3S. The van der Waals surface area contributed by atoms with Crippen LogP contribution in [0.15, 0.2) is 34.5 Å². The molecule has 2 aromatic heterocycles. The second-order valence-corrected chi connectivity index (χ2v) is 8.68. The Hall–Kier alpha value is -2.31. The van der Waals surface area contributed by atoms with Crippen molar-refractivity contribution in [3.8, 4) is 0 Å². The molecule has 0 unspecified atom stereocenters. The van der Waals surface area contributed by atoms with Crippen molar-refractivity contribution in [1.29, 1.82) is 0 Å². The summed E-state index contributed by atoms with van der Waals surface area (Å²) in [6.45, 7) is 2.06. The second-order valence-electron chi connectivity index (χ2n) is 7.18. The summed E-state index contributed by atoms with van der Waals surface area (Å²) in [6, 6.07) is 6.55. The minimum atomic E-state index is -1.25. The Morgan fingerprint density at radius 3 is 2.68 bits per heavy atom. The third-order valence-electron chi connectivity index (χ3n) is 4.93. The number of aliphatic hydroxyl groups excluding tert-OH is 3. The lowest BCUT2D eigenvalue weighted by atomic mass is 10.2. The molecular weight excluding hydrogens is 442 g/mol. The van der Waals surface area contributed by atoms with Crippen LogP contribution < -0.4 is 5.43 Å². The Morgan fingerprint density at radius 2 is 2.00 bits per heavy atom. The van der Waals surface area contributed by atoms with Gasteiger partial charge in [0.15, 0.2) is 22.1 Å². The summed E-state index contributed by atoms with van der Waals surface area (Å²) in [6.07, 6.45) is -0.763. The number of hydrogen-bond acceptors (Lipinski definition) is 10. The highest BCUT2D eigenvalue weighted by Crippen LogP contribution is 2.33. The first-order chi connectivity index (χ1) is 15.0. The number of benzene rings is 1. The molecule has 1 fully saturated rings. The van der Waals surface area contributed by atoms with Gasteiger partial charge in [0, 0.05) is 17.2 Å². The Kier molecular flexibility index (Phi) is 6.68. The molecule has 31 heavy (non-hydrogen) atoms. The van der Waals surface area contributed by atoms with E-state index in [1.165, 1.54) is 16.4 Å². The van der Waals surface area contributed by atoms with Crippen LogP contribution in [-0.2, 0) is 0 Å². The van der Waals surface area contributed by atoms with E-state index in [9.17, 15) is 15.3 Å². The zero-order valence-electron chi connectivity index (χ0n) is 16.6.